The van der Waals surface area contributed by atoms with Gasteiger partial charge in [-0.3, -0.25) is 4.79 Å². The standard InChI is InChI=1S/C11H21NO2/c1-3-14-11(13)6-4-5-10-7-8-12(2)9-10/h10H,3-9H2,1-2H3. The largest absolute Gasteiger partial charge is 0.466 e. The number of rotatable bonds is 5. The minimum absolute atomic E-state index is 0.0427. The molecule has 1 fully saturated rings. The SMILES string of the molecule is CCOC(=O)CCCC1CCN(C)C1. The number of esters is 1. The van der Waals surface area contributed by atoms with Crippen LogP contribution < -0.4 is 0 Å². The minimum Gasteiger partial charge on any atom is -0.466 e. The van der Waals surface area contributed by atoms with Gasteiger partial charge in [0.2, 0.25) is 0 Å². The zero-order valence-electron chi connectivity index (χ0n) is 9.29. The summed E-state index contributed by atoms with van der Waals surface area (Å²) >= 11 is 0. The van der Waals surface area contributed by atoms with Gasteiger partial charge in [-0.25, -0.2) is 0 Å². The normalized spacial score (nSPS) is 22.6. The number of carbonyl (C=O) groups is 1. The van der Waals surface area contributed by atoms with Crippen LogP contribution in [-0.4, -0.2) is 37.6 Å². The van der Waals surface area contributed by atoms with Crippen molar-refractivity contribution in [3.63, 3.8) is 0 Å². The van der Waals surface area contributed by atoms with Gasteiger partial charge in [0, 0.05) is 13.0 Å². The molecule has 14 heavy (non-hydrogen) atoms. The maximum Gasteiger partial charge on any atom is 0.305 e. The fraction of sp³-hybridized carbons (Fsp3) is 0.909. The Hall–Kier alpha value is -0.570. The van der Waals surface area contributed by atoms with Gasteiger partial charge in [0.25, 0.3) is 0 Å². The maximum atomic E-state index is 11.0. The van der Waals surface area contributed by atoms with E-state index < -0.39 is 0 Å². The number of nitrogens with zero attached hydrogens (tertiary/aromatic N) is 1. The Kier molecular flexibility index (Phi) is 4.94. The number of carbonyl (C=O) groups excluding carboxylic acids is 1. The first-order chi connectivity index (χ1) is 6.72. The quantitative estimate of drug-likeness (QED) is 0.631. The molecule has 1 aliphatic rings. The Morgan fingerprint density at radius 3 is 2.93 bits per heavy atom. The lowest BCUT2D eigenvalue weighted by atomic mass is 10.0. The van der Waals surface area contributed by atoms with Crippen LogP contribution >= 0.6 is 0 Å². The molecule has 0 saturated carbocycles. The van der Waals surface area contributed by atoms with E-state index in [4.69, 9.17) is 4.74 Å². The molecule has 82 valence electrons. The van der Waals surface area contributed by atoms with Gasteiger partial charge in [0.05, 0.1) is 6.61 Å². The molecule has 0 radical (unpaired) electrons. The summed E-state index contributed by atoms with van der Waals surface area (Å²) in [5.41, 5.74) is 0. The molecule has 0 bridgehead atoms. The minimum atomic E-state index is -0.0427. The molecule has 3 nitrogen and oxygen atoms in total. The molecule has 0 aliphatic carbocycles. The van der Waals surface area contributed by atoms with Gasteiger partial charge < -0.3 is 9.64 Å². The van der Waals surface area contributed by atoms with Crippen molar-refractivity contribution in [1.82, 2.24) is 4.90 Å². The Bertz CT molecular complexity index is 182. The molecule has 0 N–H and O–H groups in total. The van der Waals surface area contributed by atoms with Crippen LogP contribution in [0.2, 0.25) is 0 Å². The number of hydrogen-bond acceptors (Lipinski definition) is 3. The summed E-state index contributed by atoms with van der Waals surface area (Å²) in [5.74, 6) is 0.758. The number of likely N-dealkylation sites (tertiary alicyclic amines) is 1. The van der Waals surface area contributed by atoms with Crippen molar-refractivity contribution in [1.29, 1.82) is 0 Å². The average molecular weight is 199 g/mol. The third kappa shape index (κ3) is 4.09. The van der Waals surface area contributed by atoms with Crippen LogP contribution in [0.5, 0.6) is 0 Å². The highest BCUT2D eigenvalue weighted by molar-refractivity contribution is 5.69. The first kappa shape index (κ1) is 11.5. The summed E-state index contributed by atoms with van der Waals surface area (Å²) < 4.78 is 4.88. The predicted molar refractivity (Wildman–Crippen MR) is 56.1 cm³/mol. The van der Waals surface area contributed by atoms with E-state index in [1.807, 2.05) is 6.92 Å². The van der Waals surface area contributed by atoms with Gasteiger partial charge in [-0.05, 0) is 45.7 Å². The van der Waals surface area contributed by atoms with E-state index in [1.165, 1.54) is 25.9 Å². The number of ether oxygens (including phenoxy) is 1. The summed E-state index contributed by atoms with van der Waals surface area (Å²) in [5, 5.41) is 0. The predicted octanol–water partition coefficient (Wildman–Crippen LogP) is 1.67. The van der Waals surface area contributed by atoms with Crippen molar-refractivity contribution < 1.29 is 9.53 Å². The molecule has 0 aromatic carbocycles. The van der Waals surface area contributed by atoms with Crippen molar-refractivity contribution >= 4 is 5.97 Å². The van der Waals surface area contributed by atoms with E-state index in [0.717, 1.165) is 12.3 Å². The first-order valence-electron chi connectivity index (χ1n) is 5.56. The average Bonchev–Trinajstić information content (AvgIpc) is 2.52. The van der Waals surface area contributed by atoms with Crippen molar-refractivity contribution in [2.45, 2.75) is 32.6 Å². The van der Waals surface area contributed by atoms with Gasteiger partial charge in [0.15, 0.2) is 0 Å². The molecule has 1 rings (SSSR count). The summed E-state index contributed by atoms with van der Waals surface area (Å²) in [6, 6.07) is 0. The lowest BCUT2D eigenvalue weighted by molar-refractivity contribution is -0.143. The molecule has 1 unspecified atom stereocenters. The third-order valence-corrected chi connectivity index (χ3v) is 2.79. The molecule has 0 spiro atoms. The zero-order valence-corrected chi connectivity index (χ0v) is 9.29. The van der Waals surface area contributed by atoms with Crippen LogP contribution in [0.15, 0.2) is 0 Å². The molecule has 3 heteroatoms. The molecule has 1 aliphatic heterocycles. The van der Waals surface area contributed by atoms with Crippen LogP contribution in [0.25, 0.3) is 0 Å². The topological polar surface area (TPSA) is 29.5 Å². The Balaban J connectivity index is 2.01. The molecule has 0 aromatic rings. The molecule has 1 atom stereocenters. The molecular formula is C11H21NO2. The maximum absolute atomic E-state index is 11.0. The zero-order chi connectivity index (χ0) is 10.4. The van der Waals surface area contributed by atoms with Crippen molar-refractivity contribution in [3.05, 3.63) is 0 Å². The van der Waals surface area contributed by atoms with Crippen molar-refractivity contribution in [2.24, 2.45) is 5.92 Å². The van der Waals surface area contributed by atoms with E-state index >= 15 is 0 Å². The molecule has 1 heterocycles. The lowest BCUT2D eigenvalue weighted by Gasteiger charge is -2.09. The van der Waals surface area contributed by atoms with Crippen LogP contribution in [0.1, 0.15) is 32.6 Å². The van der Waals surface area contributed by atoms with E-state index in [0.29, 0.717) is 13.0 Å². The summed E-state index contributed by atoms with van der Waals surface area (Å²) in [7, 11) is 2.16. The smallest absolute Gasteiger partial charge is 0.305 e. The highest BCUT2D eigenvalue weighted by Gasteiger charge is 2.18. The fourth-order valence-corrected chi connectivity index (χ4v) is 2.03. The Morgan fingerprint density at radius 1 is 1.57 bits per heavy atom. The Morgan fingerprint density at radius 2 is 2.36 bits per heavy atom. The van der Waals surface area contributed by atoms with Gasteiger partial charge in [-0.2, -0.15) is 0 Å². The van der Waals surface area contributed by atoms with Crippen LogP contribution in [-0.2, 0) is 9.53 Å². The third-order valence-electron chi connectivity index (χ3n) is 2.79. The van der Waals surface area contributed by atoms with Gasteiger partial charge >= 0.3 is 5.97 Å². The van der Waals surface area contributed by atoms with Gasteiger partial charge in [0.1, 0.15) is 0 Å². The van der Waals surface area contributed by atoms with Gasteiger partial charge in [-0.15, -0.1) is 0 Å². The molecular weight excluding hydrogens is 178 g/mol. The molecule has 1 saturated heterocycles. The monoisotopic (exact) mass is 199 g/mol. The van der Waals surface area contributed by atoms with Crippen molar-refractivity contribution in [2.75, 3.05) is 26.7 Å². The second-order valence-corrected chi connectivity index (χ2v) is 4.11. The van der Waals surface area contributed by atoms with E-state index in [9.17, 15) is 4.79 Å². The van der Waals surface area contributed by atoms with Crippen LogP contribution in [0.3, 0.4) is 0 Å². The first-order valence-corrected chi connectivity index (χ1v) is 5.56. The fourth-order valence-electron chi connectivity index (χ4n) is 2.03. The highest BCUT2D eigenvalue weighted by atomic mass is 16.5. The van der Waals surface area contributed by atoms with E-state index in [2.05, 4.69) is 11.9 Å². The highest BCUT2D eigenvalue weighted by Crippen LogP contribution is 2.20. The Labute approximate surface area is 86.4 Å². The van der Waals surface area contributed by atoms with Crippen molar-refractivity contribution in [3.8, 4) is 0 Å². The van der Waals surface area contributed by atoms with Crippen LogP contribution in [0.4, 0.5) is 0 Å². The van der Waals surface area contributed by atoms with E-state index in [1.54, 1.807) is 0 Å². The van der Waals surface area contributed by atoms with Crippen LogP contribution in [0, 0.1) is 5.92 Å². The van der Waals surface area contributed by atoms with Gasteiger partial charge in [-0.1, -0.05) is 0 Å². The van der Waals surface area contributed by atoms with E-state index in [-0.39, 0.29) is 5.97 Å². The summed E-state index contributed by atoms with van der Waals surface area (Å²) in [6.45, 7) is 4.77. The second kappa shape index (κ2) is 6.02. The molecule has 0 amide bonds. The molecule has 0 aromatic heterocycles. The number of hydrogen-bond donors (Lipinski definition) is 0. The lowest BCUT2D eigenvalue weighted by Crippen LogP contribution is -2.14. The second-order valence-electron chi connectivity index (χ2n) is 4.11. The summed E-state index contributed by atoms with van der Waals surface area (Å²) in [6.07, 6.45) is 4.04. The summed E-state index contributed by atoms with van der Waals surface area (Å²) in [4.78, 5) is 13.4.